The maximum Gasteiger partial charge on any atom is 0.332 e. The van der Waals surface area contributed by atoms with Crippen LogP contribution in [0.3, 0.4) is 0 Å². The first-order valence-corrected chi connectivity index (χ1v) is 2.01. The summed E-state index contributed by atoms with van der Waals surface area (Å²) in [5.74, 6) is -0.747. The van der Waals surface area contributed by atoms with Gasteiger partial charge in [-0.3, -0.25) is 4.79 Å². The van der Waals surface area contributed by atoms with Crippen molar-refractivity contribution in [2.24, 2.45) is 16.6 Å². The van der Waals surface area contributed by atoms with Gasteiger partial charge in [0.25, 0.3) is 5.91 Å². The lowest BCUT2D eigenvalue weighted by molar-refractivity contribution is -0.111. The summed E-state index contributed by atoms with van der Waals surface area (Å²) in [7, 11) is 0. The fraction of sp³-hybridized carbons (Fsp3) is 0. The topological polar surface area (TPSA) is 111 Å². The summed E-state index contributed by atoms with van der Waals surface area (Å²) in [6.45, 7) is 0. The van der Waals surface area contributed by atoms with Gasteiger partial charge in [0, 0.05) is 0 Å². The first-order chi connectivity index (χ1) is 4.13. The minimum Gasteiger partial charge on any atom is -0.365 e. The SMILES string of the molecule is NC(=O)/C=N/NC(N)=O. The fourth-order valence-electron chi connectivity index (χ4n) is 0.160. The Morgan fingerprint density at radius 3 is 2.33 bits per heavy atom. The first kappa shape index (κ1) is 7.41. The van der Waals surface area contributed by atoms with E-state index in [-0.39, 0.29) is 0 Å². The van der Waals surface area contributed by atoms with Gasteiger partial charge in [-0.05, 0) is 0 Å². The predicted molar refractivity (Wildman–Crippen MR) is 30.4 cm³/mol. The largest absolute Gasteiger partial charge is 0.365 e. The fourth-order valence-corrected chi connectivity index (χ4v) is 0.160. The number of hydrogen-bond acceptors (Lipinski definition) is 3. The summed E-state index contributed by atoms with van der Waals surface area (Å²) in [5, 5.41) is 3.05. The van der Waals surface area contributed by atoms with Crippen molar-refractivity contribution in [3.63, 3.8) is 0 Å². The van der Waals surface area contributed by atoms with Crippen LogP contribution in [0.5, 0.6) is 0 Å². The third-order valence-electron chi connectivity index (χ3n) is 0.367. The molecule has 0 bridgehead atoms. The number of hydrogen-bond donors (Lipinski definition) is 3. The van der Waals surface area contributed by atoms with Crippen LogP contribution in [-0.2, 0) is 4.79 Å². The summed E-state index contributed by atoms with van der Waals surface area (Å²) >= 11 is 0. The Labute approximate surface area is 50.9 Å². The molecule has 5 N–H and O–H groups in total. The minimum absolute atomic E-state index is 0.741. The molecule has 0 aliphatic carbocycles. The summed E-state index contributed by atoms with van der Waals surface area (Å²) < 4.78 is 0. The van der Waals surface area contributed by atoms with Crippen molar-refractivity contribution >= 4 is 18.2 Å². The zero-order chi connectivity index (χ0) is 7.28. The maximum atomic E-state index is 9.86. The molecular formula is C3H6N4O2. The van der Waals surface area contributed by atoms with Gasteiger partial charge in [-0.2, -0.15) is 5.10 Å². The van der Waals surface area contributed by atoms with E-state index in [9.17, 15) is 9.59 Å². The van der Waals surface area contributed by atoms with Gasteiger partial charge in [0.05, 0.1) is 0 Å². The van der Waals surface area contributed by atoms with Gasteiger partial charge in [0.1, 0.15) is 6.21 Å². The third-order valence-corrected chi connectivity index (χ3v) is 0.367. The molecule has 0 radical (unpaired) electrons. The van der Waals surface area contributed by atoms with Crippen LogP contribution in [0.4, 0.5) is 4.79 Å². The normalized spacial score (nSPS) is 9.33. The molecule has 50 valence electrons. The first-order valence-electron chi connectivity index (χ1n) is 2.01. The molecule has 0 rings (SSSR count). The molecule has 6 nitrogen and oxygen atoms in total. The molecule has 0 fully saturated rings. The number of urea groups is 1. The molecular weight excluding hydrogens is 124 g/mol. The highest BCUT2D eigenvalue weighted by Crippen LogP contribution is 1.55. The van der Waals surface area contributed by atoms with Crippen molar-refractivity contribution in [3.8, 4) is 0 Å². The van der Waals surface area contributed by atoms with E-state index in [2.05, 4.69) is 16.6 Å². The van der Waals surface area contributed by atoms with Gasteiger partial charge in [-0.15, -0.1) is 0 Å². The highest BCUT2D eigenvalue weighted by Gasteiger charge is 1.85. The van der Waals surface area contributed by atoms with E-state index < -0.39 is 11.9 Å². The molecule has 0 saturated carbocycles. The van der Waals surface area contributed by atoms with Crippen molar-refractivity contribution in [1.29, 1.82) is 0 Å². The Morgan fingerprint density at radius 1 is 1.44 bits per heavy atom. The van der Waals surface area contributed by atoms with Crippen molar-refractivity contribution in [3.05, 3.63) is 0 Å². The number of carbonyl (C=O) groups excluding carboxylic acids is 2. The monoisotopic (exact) mass is 130 g/mol. The Kier molecular flexibility index (Phi) is 2.81. The van der Waals surface area contributed by atoms with Crippen LogP contribution in [0.1, 0.15) is 0 Å². The summed E-state index contributed by atoms with van der Waals surface area (Å²) in [5.41, 5.74) is 10.9. The Morgan fingerprint density at radius 2 is 2.00 bits per heavy atom. The molecule has 0 aromatic carbocycles. The van der Waals surface area contributed by atoms with Crippen molar-refractivity contribution < 1.29 is 9.59 Å². The number of amides is 3. The standard InChI is InChI=1S/C3H6N4O2/c4-2(8)1-6-7-3(5)9/h1H,(H2,4,8)(H3,5,7,9)/b6-1+. The van der Waals surface area contributed by atoms with Crippen LogP contribution in [0, 0.1) is 0 Å². The number of primary amides is 2. The Bertz CT molecular complexity index is 152. The van der Waals surface area contributed by atoms with Crippen LogP contribution >= 0.6 is 0 Å². The maximum absolute atomic E-state index is 9.86. The third kappa shape index (κ3) is 6.41. The molecule has 0 aliphatic heterocycles. The second kappa shape index (κ2) is 3.42. The number of nitrogens with zero attached hydrogens (tertiary/aromatic N) is 1. The van der Waals surface area contributed by atoms with Gasteiger partial charge in [0.2, 0.25) is 0 Å². The lowest BCUT2D eigenvalue weighted by Crippen LogP contribution is -2.25. The quantitative estimate of drug-likeness (QED) is 0.300. The molecule has 0 aromatic rings. The second-order valence-corrected chi connectivity index (χ2v) is 1.14. The highest BCUT2D eigenvalue weighted by atomic mass is 16.2. The van der Waals surface area contributed by atoms with Gasteiger partial charge in [-0.25, -0.2) is 10.2 Å². The smallest absolute Gasteiger partial charge is 0.332 e. The van der Waals surface area contributed by atoms with Gasteiger partial charge in [0.15, 0.2) is 0 Å². The number of nitrogens with one attached hydrogen (secondary N) is 1. The highest BCUT2D eigenvalue weighted by molar-refractivity contribution is 6.25. The number of hydrazone groups is 1. The molecule has 0 saturated heterocycles. The molecule has 6 heteroatoms. The van der Waals surface area contributed by atoms with Crippen molar-refractivity contribution in [2.45, 2.75) is 0 Å². The van der Waals surface area contributed by atoms with E-state index in [0.717, 1.165) is 6.21 Å². The van der Waals surface area contributed by atoms with E-state index in [0.29, 0.717) is 0 Å². The molecule has 0 aliphatic rings. The number of rotatable bonds is 2. The van der Waals surface area contributed by atoms with Crippen molar-refractivity contribution in [1.82, 2.24) is 5.43 Å². The predicted octanol–water partition coefficient (Wildman–Crippen LogP) is -1.87. The summed E-state index contributed by atoms with van der Waals surface area (Å²) in [6.07, 6.45) is 0.741. The lowest BCUT2D eigenvalue weighted by Gasteiger charge is -1.86. The average molecular weight is 130 g/mol. The average Bonchev–Trinajstić information content (AvgIpc) is 1.63. The van der Waals surface area contributed by atoms with E-state index in [1.807, 2.05) is 0 Å². The van der Waals surface area contributed by atoms with Crippen molar-refractivity contribution in [2.75, 3.05) is 0 Å². The van der Waals surface area contributed by atoms with Crippen LogP contribution in [0.2, 0.25) is 0 Å². The molecule has 9 heavy (non-hydrogen) atoms. The molecule has 3 amide bonds. The minimum atomic E-state index is -0.840. The van der Waals surface area contributed by atoms with Crippen LogP contribution < -0.4 is 16.9 Å². The molecule has 0 atom stereocenters. The summed E-state index contributed by atoms with van der Waals surface area (Å²) in [4.78, 5) is 19.7. The van der Waals surface area contributed by atoms with Gasteiger partial charge >= 0.3 is 6.03 Å². The Hall–Kier alpha value is -1.59. The van der Waals surface area contributed by atoms with Gasteiger partial charge < -0.3 is 11.5 Å². The molecule has 0 heterocycles. The zero-order valence-corrected chi connectivity index (χ0v) is 4.50. The molecule has 0 aromatic heterocycles. The van der Waals surface area contributed by atoms with E-state index in [1.165, 1.54) is 0 Å². The molecule has 0 unspecified atom stereocenters. The van der Waals surface area contributed by atoms with Gasteiger partial charge in [-0.1, -0.05) is 0 Å². The number of nitrogens with two attached hydrogens (primary N) is 2. The second-order valence-electron chi connectivity index (χ2n) is 1.14. The van der Waals surface area contributed by atoms with Crippen LogP contribution in [0.25, 0.3) is 0 Å². The Balaban J connectivity index is 3.48. The lowest BCUT2D eigenvalue weighted by atomic mass is 10.7. The van der Waals surface area contributed by atoms with Crippen LogP contribution in [-0.4, -0.2) is 18.2 Å². The van der Waals surface area contributed by atoms with E-state index in [4.69, 9.17) is 0 Å². The molecule has 0 spiro atoms. The van der Waals surface area contributed by atoms with Crippen LogP contribution in [0.15, 0.2) is 5.10 Å². The van der Waals surface area contributed by atoms with E-state index >= 15 is 0 Å². The zero-order valence-electron chi connectivity index (χ0n) is 4.50. The summed E-state index contributed by atoms with van der Waals surface area (Å²) in [6, 6.07) is -0.840. The van der Waals surface area contributed by atoms with E-state index in [1.54, 1.807) is 5.43 Å². The number of carbonyl (C=O) groups is 2.